The molecular weight excluding hydrogens is 453 g/mol. The first-order valence-electron chi connectivity index (χ1n) is 10.2. The monoisotopic (exact) mass is 479 g/mol. The molecule has 0 aromatic carbocycles. The van der Waals surface area contributed by atoms with Gasteiger partial charge in [0.05, 0.1) is 18.6 Å². The van der Waals surface area contributed by atoms with Gasteiger partial charge in [-0.3, -0.25) is 9.67 Å². The van der Waals surface area contributed by atoms with Crippen LogP contribution in [0.25, 0.3) is 0 Å². The number of aromatic nitrogens is 3. The minimum Gasteiger partial charge on any atom is -0.491 e. The zero-order chi connectivity index (χ0) is 21.6. The summed E-state index contributed by atoms with van der Waals surface area (Å²) in [6.07, 6.45) is 9.64. The van der Waals surface area contributed by atoms with E-state index < -0.39 is 0 Å². The van der Waals surface area contributed by atoms with E-state index in [2.05, 4.69) is 37.9 Å². The summed E-state index contributed by atoms with van der Waals surface area (Å²) in [5.41, 5.74) is 1.08. The van der Waals surface area contributed by atoms with Crippen LogP contribution >= 0.6 is 24.0 Å². The van der Waals surface area contributed by atoms with Crippen molar-refractivity contribution in [2.75, 3.05) is 25.0 Å². The van der Waals surface area contributed by atoms with E-state index in [1.165, 1.54) is 0 Å². The highest BCUT2D eigenvalue weighted by molar-refractivity contribution is 6.31. The zero-order valence-electron chi connectivity index (χ0n) is 17.9. The average Bonchev–Trinajstić information content (AvgIpc) is 3.18. The number of ether oxygens (including phenoxy) is 2. The molecule has 1 aliphatic carbocycles. The van der Waals surface area contributed by atoms with Crippen LogP contribution in [0, 0.1) is 0 Å². The van der Waals surface area contributed by atoms with Crippen molar-refractivity contribution >= 4 is 36.2 Å². The maximum Gasteiger partial charge on any atom is 0.233 e. The third-order valence-corrected chi connectivity index (χ3v) is 5.13. The van der Waals surface area contributed by atoms with Crippen LogP contribution in [-0.4, -0.2) is 52.9 Å². The van der Waals surface area contributed by atoms with Gasteiger partial charge in [-0.05, 0) is 12.6 Å². The molecule has 3 N–H and O–H groups in total. The van der Waals surface area contributed by atoms with Crippen LogP contribution in [0.4, 0.5) is 5.82 Å². The normalized spacial score (nSPS) is 19.1. The molecule has 11 heteroatoms. The van der Waals surface area contributed by atoms with Crippen molar-refractivity contribution in [3.63, 3.8) is 0 Å². The van der Waals surface area contributed by atoms with E-state index >= 15 is 0 Å². The van der Waals surface area contributed by atoms with E-state index in [-0.39, 0.29) is 24.6 Å². The van der Waals surface area contributed by atoms with Gasteiger partial charge in [-0.25, -0.2) is 4.98 Å². The molecule has 0 bridgehead atoms. The van der Waals surface area contributed by atoms with Crippen LogP contribution in [0.15, 0.2) is 53.1 Å². The number of aliphatic imine (C=N–C) groups is 1. The molecule has 0 fully saturated rings. The number of halogens is 2. The smallest absolute Gasteiger partial charge is 0.233 e. The maximum absolute atomic E-state index is 6.39. The summed E-state index contributed by atoms with van der Waals surface area (Å²) in [5.74, 6) is 2.61. The van der Waals surface area contributed by atoms with E-state index in [4.69, 9.17) is 21.1 Å². The minimum absolute atomic E-state index is 0. The summed E-state index contributed by atoms with van der Waals surface area (Å²) in [7, 11) is 1.88. The molecule has 2 aliphatic rings. The summed E-state index contributed by atoms with van der Waals surface area (Å²) in [4.78, 5) is 8.84. The van der Waals surface area contributed by atoms with Gasteiger partial charge >= 0.3 is 0 Å². The molecule has 0 spiro atoms. The fraction of sp³-hybridized carbons (Fsp3) is 0.381. The van der Waals surface area contributed by atoms with E-state index in [0.717, 1.165) is 30.3 Å². The summed E-state index contributed by atoms with van der Waals surface area (Å²) in [5, 5.41) is 14.5. The minimum atomic E-state index is -0.215. The summed E-state index contributed by atoms with van der Waals surface area (Å²) >= 11 is 6.39. The van der Waals surface area contributed by atoms with E-state index in [1.807, 2.05) is 31.5 Å². The number of anilines is 1. The molecule has 32 heavy (non-hydrogen) atoms. The number of pyridine rings is 1. The lowest BCUT2D eigenvalue weighted by Crippen LogP contribution is -2.34. The Morgan fingerprint density at radius 2 is 2.22 bits per heavy atom. The number of nitrogens with zero attached hydrogens (tertiary/aromatic N) is 4. The number of fused-ring (bicyclic) bond motifs is 1. The fourth-order valence-corrected chi connectivity index (χ4v) is 3.56. The van der Waals surface area contributed by atoms with Gasteiger partial charge < -0.3 is 25.4 Å². The molecule has 2 unspecified atom stereocenters. The largest absolute Gasteiger partial charge is 0.491 e. The standard InChI is InChI=1S/C21H26ClN7O2.ClH/c1-3-23-7-9-30-15-11-17(22)21(24-12-15)31-14-4-5-18-16(10-14)20(26-13-25-18)27-19-6-8-29(2)28-19;/h4-6,8,11-14,18,23H,3,7,9-10H2,1-2H3,(H,25,26)(H,27,28);1H. The second-order valence-electron chi connectivity index (χ2n) is 7.17. The molecule has 2 atom stereocenters. The highest BCUT2D eigenvalue weighted by Gasteiger charge is 2.27. The molecule has 4 rings (SSSR count). The van der Waals surface area contributed by atoms with Gasteiger partial charge in [-0.1, -0.05) is 24.6 Å². The summed E-state index contributed by atoms with van der Waals surface area (Å²) in [6, 6.07) is 3.60. The Labute approximate surface area is 198 Å². The average molecular weight is 480 g/mol. The van der Waals surface area contributed by atoms with Crippen molar-refractivity contribution in [1.82, 2.24) is 25.4 Å². The Bertz CT molecular complexity index is 1010. The quantitative estimate of drug-likeness (QED) is 0.375. The lowest BCUT2D eigenvalue weighted by molar-refractivity contribution is 0.232. The van der Waals surface area contributed by atoms with Crippen molar-refractivity contribution in [2.45, 2.75) is 25.5 Å². The molecule has 3 heterocycles. The summed E-state index contributed by atoms with van der Waals surface area (Å²) in [6.45, 7) is 4.27. The number of nitrogens with one attached hydrogen (secondary N) is 3. The molecule has 1 aliphatic heterocycles. The van der Waals surface area contributed by atoms with Gasteiger partial charge in [-0.15, -0.1) is 12.4 Å². The number of hydrogen-bond acceptors (Lipinski definition) is 8. The molecule has 2 aromatic heterocycles. The Balaban J connectivity index is 0.00000289. The van der Waals surface area contributed by atoms with Gasteiger partial charge in [0.2, 0.25) is 5.88 Å². The van der Waals surface area contributed by atoms with E-state index in [9.17, 15) is 0 Å². The maximum atomic E-state index is 6.39. The number of likely N-dealkylation sites (N-methyl/N-ethyl adjacent to an activating group) is 1. The SMILES string of the molecule is CCNCCOc1cnc(OC2C=CC3N=CNC(Nc4ccn(C)n4)=C3C2)c(Cl)c1.Cl. The number of aryl methyl sites for hydroxylation is 1. The number of rotatable bonds is 9. The summed E-state index contributed by atoms with van der Waals surface area (Å²) < 4.78 is 13.5. The molecule has 172 valence electrons. The molecule has 0 amide bonds. The van der Waals surface area contributed by atoms with Gasteiger partial charge in [0.15, 0.2) is 5.82 Å². The van der Waals surface area contributed by atoms with Crippen molar-refractivity contribution in [3.8, 4) is 11.6 Å². The molecule has 0 radical (unpaired) electrons. The fourth-order valence-electron chi connectivity index (χ4n) is 3.36. The third kappa shape index (κ3) is 5.93. The van der Waals surface area contributed by atoms with Gasteiger partial charge in [-0.2, -0.15) is 5.10 Å². The molecule has 2 aromatic rings. The van der Waals surface area contributed by atoms with Crippen LogP contribution in [0.1, 0.15) is 13.3 Å². The molecule has 0 saturated carbocycles. The lowest BCUT2D eigenvalue weighted by atomic mass is 9.93. The Hall–Kier alpha value is -2.75. The molecule has 0 saturated heterocycles. The zero-order valence-corrected chi connectivity index (χ0v) is 19.5. The van der Waals surface area contributed by atoms with E-state index in [1.54, 1.807) is 23.3 Å². The number of hydrogen-bond donors (Lipinski definition) is 3. The highest BCUT2D eigenvalue weighted by Crippen LogP contribution is 2.31. The predicted molar refractivity (Wildman–Crippen MR) is 128 cm³/mol. The molecule has 9 nitrogen and oxygen atoms in total. The van der Waals surface area contributed by atoms with Crippen molar-refractivity contribution in [1.29, 1.82) is 0 Å². The van der Waals surface area contributed by atoms with Crippen LogP contribution in [0.2, 0.25) is 5.02 Å². The van der Waals surface area contributed by atoms with Crippen molar-refractivity contribution in [3.05, 3.63) is 53.1 Å². The van der Waals surface area contributed by atoms with E-state index in [0.29, 0.717) is 29.7 Å². The van der Waals surface area contributed by atoms with Gasteiger partial charge in [0.25, 0.3) is 0 Å². The Kier molecular flexibility index (Phi) is 8.38. The second kappa shape index (κ2) is 11.2. The van der Waals surface area contributed by atoms with Crippen molar-refractivity contribution in [2.24, 2.45) is 12.0 Å². The van der Waals surface area contributed by atoms with Crippen LogP contribution in [-0.2, 0) is 7.05 Å². The second-order valence-corrected chi connectivity index (χ2v) is 7.58. The van der Waals surface area contributed by atoms with Gasteiger partial charge in [0, 0.05) is 43.9 Å². The first-order valence-corrected chi connectivity index (χ1v) is 10.6. The first-order chi connectivity index (χ1) is 15.1. The van der Waals surface area contributed by atoms with Crippen molar-refractivity contribution < 1.29 is 9.47 Å². The Morgan fingerprint density at radius 3 is 2.97 bits per heavy atom. The predicted octanol–water partition coefficient (Wildman–Crippen LogP) is 2.91. The Morgan fingerprint density at radius 1 is 1.34 bits per heavy atom. The third-order valence-electron chi connectivity index (χ3n) is 4.86. The van der Waals surface area contributed by atoms with Crippen LogP contribution < -0.4 is 25.4 Å². The lowest BCUT2D eigenvalue weighted by Gasteiger charge is -2.29. The highest BCUT2D eigenvalue weighted by atomic mass is 35.5. The van der Waals surface area contributed by atoms with Crippen LogP contribution in [0.5, 0.6) is 11.6 Å². The molecular formula is C21H27Cl2N7O2. The first kappa shape index (κ1) is 23.9. The topological polar surface area (TPSA) is 97.6 Å². The van der Waals surface area contributed by atoms with Gasteiger partial charge in [0.1, 0.15) is 29.3 Å². The van der Waals surface area contributed by atoms with Crippen LogP contribution in [0.3, 0.4) is 0 Å².